The number of phenolic OH excluding ortho intramolecular Hbond substituents is 1. The minimum Gasteiger partial charge on any atom is -0.508 e. The molecule has 1 aromatic carbocycles. The van der Waals surface area contributed by atoms with Crippen LogP contribution in [0.4, 0.5) is 5.69 Å². The third-order valence-electron chi connectivity index (χ3n) is 3.74. The highest BCUT2D eigenvalue weighted by molar-refractivity contribution is 6.07. The number of nitrogens with one attached hydrogen (secondary N) is 1. The molecule has 1 aliphatic heterocycles. The molecule has 1 aliphatic carbocycles. The van der Waals surface area contributed by atoms with Crippen LogP contribution in [-0.2, 0) is 10.2 Å². The number of rotatable bonds is 0. The van der Waals surface area contributed by atoms with E-state index in [1.165, 1.54) is 0 Å². The second kappa shape index (κ2) is 2.54. The number of fused-ring (bicyclic) bond motifs is 2. The van der Waals surface area contributed by atoms with Gasteiger partial charge < -0.3 is 10.4 Å². The smallest absolute Gasteiger partial charge is 0.235 e. The average molecular weight is 203 g/mol. The molecular formula is C12H13NO2. The quantitative estimate of drug-likeness (QED) is 0.634. The van der Waals surface area contributed by atoms with Gasteiger partial charge in [0, 0.05) is 5.69 Å². The topological polar surface area (TPSA) is 49.3 Å². The van der Waals surface area contributed by atoms with Crippen LogP contribution in [-0.4, -0.2) is 11.0 Å². The molecule has 3 nitrogen and oxygen atoms in total. The maximum atomic E-state index is 11.9. The summed E-state index contributed by atoms with van der Waals surface area (Å²) < 4.78 is 0. The number of amides is 1. The second-order valence-electron chi connectivity index (χ2n) is 4.57. The van der Waals surface area contributed by atoms with Crippen molar-refractivity contribution in [3.63, 3.8) is 0 Å². The van der Waals surface area contributed by atoms with Crippen LogP contribution < -0.4 is 5.32 Å². The molecule has 1 saturated carbocycles. The molecule has 3 rings (SSSR count). The number of anilines is 1. The van der Waals surface area contributed by atoms with Gasteiger partial charge in [0.15, 0.2) is 0 Å². The van der Waals surface area contributed by atoms with Gasteiger partial charge in [-0.1, -0.05) is 6.42 Å². The van der Waals surface area contributed by atoms with Gasteiger partial charge in [-0.15, -0.1) is 0 Å². The van der Waals surface area contributed by atoms with Crippen molar-refractivity contribution in [3.05, 3.63) is 23.3 Å². The molecule has 15 heavy (non-hydrogen) atoms. The first-order chi connectivity index (χ1) is 7.13. The Balaban J connectivity index is 2.21. The summed E-state index contributed by atoms with van der Waals surface area (Å²) >= 11 is 0. The number of benzene rings is 1. The highest BCUT2D eigenvalue weighted by Crippen LogP contribution is 2.52. The highest BCUT2D eigenvalue weighted by atomic mass is 16.3. The predicted octanol–water partition coefficient (Wildman–Crippen LogP) is 2.07. The molecular weight excluding hydrogens is 190 g/mol. The fourth-order valence-corrected chi connectivity index (χ4v) is 2.59. The normalized spacial score (nSPS) is 21.0. The Morgan fingerprint density at radius 3 is 2.73 bits per heavy atom. The van der Waals surface area contributed by atoms with Gasteiger partial charge in [-0.2, -0.15) is 0 Å². The number of aryl methyl sites for hydroxylation is 1. The number of phenols is 1. The lowest BCUT2D eigenvalue weighted by Crippen LogP contribution is -2.40. The summed E-state index contributed by atoms with van der Waals surface area (Å²) in [4.78, 5) is 11.9. The molecule has 0 saturated heterocycles. The number of carbonyl (C=O) groups excluding carboxylic acids is 1. The maximum absolute atomic E-state index is 11.9. The molecule has 0 aromatic heterocycles. The predicted molar refractivity (Wildman–Crippen MR) is 57.0 cm³/mol. The van der Waals surface area contributed by atoms with Crippen LogP contribution in [0.3, 0.4) is 0 Å². The van der Waals surface area contributed by atoms with E-state index in [9.17, 15) is 9.90 Å². The first kappa shape index (κ1) is 8.77. The van der Waals surface area contributed by atoms with E-state index in [4.69, 9.17) is 0 Å². The maximum Gasteiger partial charge on any atom is 0.235 e. The molecule has 1 amide bonds. The van der Waals surface area contributed by atoms with Crippen LogP contribution in [0.1, 0.15) is 30.4 Å². The number of carbonyl (C=O) groups is 1. The molecule has 1 heterocycles. The lowest BCUT2D eigenvalue weighted by molar-refractivity contribution is -0.123. The Morgan fingerprint density at radius 1 is 1.40 bits per heavy atom. The molecule has 78 valence electrons. The summed E-state index contributed by atoms with van der Waals surface area (Å²) in [6, 6.07) is 3.61. The summed E-state index contributed by atoms with van der Waals surface area (Å²) in [6.45, 7) is 1.84. The Hall–Kier alpha value is -1.51. The van der Waals surface area contributed by atoms with Crippen LogP contribution in [0, 0.1) is 6.92 Å². The van der Waals surface area contributed by atoms with Gasteiger partial charge in [0.25, 0.3) is 0 Å². The van der Waals surface area contributed by atoms with Crippen molar-refractivity contribution in [1.82, 2.24) is 0 Å². The largest absolute Gasteiger partial charge is 0.508 e. The number of aromatic hydroxyl groups is 1. The fourth-order valence-electron chi connectivity index (χ4n) is 2.59. The zero-order valence-electron chi connectivity index (χ0n) is 8.63. The van der Waals surface area contributed by atoms with Crippen molar-refractivity contribution in [2.75, 3.05) is 5.32 Å². The van der Waals surface area contributed by atoms with Gasteiger partial charge in [0.2, 0.25) is 5.91 Å². The monoisotopic (exact) mass is 203 g/mol. The van der Waals surface area contributed by atoms with Crippen LogP contribution in [0.15, 0.2) is 12.1 Å². The van der Waals surface area contributed by atoms with Crippen LogP contribution in [0.25, 0.3) is 0 Å². The fraction of sp³-hybridized carbons (Fsp3) is 0.417. The molecule has 0 radical (unpaired) electrons. The third kappa shape index (κ3) is 0.928. The second-order valence-corrected chi connectivity index (χ2v) is 4.57. The summed E-state index contributed by atoms with van der Waals surface area (Å²) in [5.74, 6) is 0.394. The lowest BCUT2D eigenvalue weighted by atomic mass is 9.65. The Labute approximate surface area is 88.1 Å². The molecule has 1 spiro atoms. The van der Waals surface area contributed by atoms with Crippen LogP contribution >= 0.6 is 0 Å². The van der Waals surface area contributed by atoms with Crippen molar-refractivity contribution >= 4 is 11.6 Å². The van der Waals surface area contributed by atoms with E-state index < -0.39 is 0 Å². The molecule has 1 fully saturated rings. The van der Waals surface area contributed by atoms with Crippen molar-refractivity contribution < 1.29 is 9.90 Å². The molecule has 1 aromatic rings. The summed E-state index contributed by atoms with van der Waals surface area (Å²) in [7, 11) is 0. The highest BCUT2D eigenvalue weighted by Gasteiger charge is 2.51. The van der Waals surface area contributed by atoms with Crippen molar-refractivity contribution in [2.24, 2.45) is 0 Å². The van der Waals surface area contributed by atoms with Crippen LogP contribution in [0.2, 0.25) is 0 Å². The number of hydrogen-bond donors (Lipinski definition) is 2. The first-order valence-corrected chi connectivity index (χ1v) is 5.29. The zero-order chi connectivity index (χ0) is 10.6. The standard InChI is InChI=1S/C12H13NO2/c1-7-5-9-8(6-10(7)14)12(3-2-4-12)11(15)13-9/h5-6,14H,2-4H2,1H3,(H,13,15). The lowest BCUT2D eigenvalue weighted by Gasteiger charge is -2.36. The van der Waals surface area contributed by atoms with Crippen LogP contribution in [0.5, 0.6) is 5.75 Å². The molecule has 3 heteroatoms. The number of hydrogen-bond acceptors (Lipinski definition) is 2. The Bertz CT molecular complexity index is 461. The van der Waals surface area contributed by atoms with Gasteiger partial charge >= 0.3 is 0 Å². The van der Waals surface area contributed by atoms with Crippen molar-refractivity contribution in [2.45, 2.75) is 31.6 Å². The molecule has 2 N–H and O–H groups in total. The first-order valence-electron chi connectivity index (χ1n) is 5.29. The minimum absolute atomic E-state index is 0.105. The zero-order valence-corrected chi connectivity index (χ0v) is 8.63. The Kier molecular flexibility index (Phi) is 1.48. The molecule has 0 atom stereocenters. The van der Waals surface area contributed by atoms with Gasteiger partial charge in [-0.05, 0) is 43.0 Å². The van der Waals surface area contributed by atoms with E-state index in [1.807, 2.05) is 13.0 Å². The van der Waals surface area contributed by atoms with E-state index in [2.05, 4.69) is 5.32 Å². The van der Waals surface area contributed by atoms with E-state index in [-0.39, 0.29) is 17.1 Å². The average Bonchev–Trinajstić information content (AvgIpc) is 2.37. The van der Waals surface area contributed by atoms with Gasteiger partial charge in [-0.3, -0.25) is 4.79 Å². The summed E-state index contributed by atoms with van der Waals surface area (Å²) in [5.41, 5.74) is 2.36. The van der Waals surface area contributed by atoms with E-state index in [1.54, 1.807) is 6.07 Å². The molecule has 0 bridgehead atoms. The van der Waals surface area contributed by atoms with Gasteiger partial charge in [0.1, 0.15) is 5.75 Å². The van der Waals surface area contributed by atoms with Crippen molar-refractivity contribution in [1.29, 1.82) is 0 Å². The Morgan fingerprint density at radius 2 is 2.13 bits per heavy atom. The molecule has 2 aliphatic rings. The minimum atomic E-state index is -0.319. The van der Waals surface area contributed by atoms with Crippen molar-refractivity contribution in [3.8, 4) is 5.75 Å². The van der Waals surface area contributed by atoms with Gasteiger partial charge in [-0.25, -0.2) is 0 Å². The summed E-state index contributed by atoms with van der Waals surface area (Å²) in [5, 5.41) is 12.6. The van der Waals surface area contributed by atoms with E-state index >= 15 is 0 Å². The summed E-state index contributed by atoms with van der Waals surface area (Å²) in [6.07, 6.45) is 2.92. The van der Waals surface area contributed by atoms with E-state index in [0.29, 0.717) is 0 Å². The third-order valence-corrected chi connectivity index (χ3v) is 3.74. The van der Waals surface area contributed by atoms with Gasteiger partial charge in [0.05, 0.1) is 5.41 Å². The van der Waals surface area contributed by atoms with E-state index in [0.717, 1.165) is 36.1 Å². The SMILES string of the molecule is Cc1cc2c(cc1O)C1(CCC1)C(=O)N2. The molecule has 0 unspecified atom stereocenters.